The standard InChI is InChI=1S/C15H20FN5/c1-19(13-8-6-12(16)7-9-13)14-17-18-15(20(14)2)21-10-4-3-5-11-21/h6-9H,3-5,10-11H2,1-2H3. The maximum Gasteiger partial charge on any atom is 0.232 e. The van der Waals surface area contributed by atoms with Gasteiger partial charge in [-0.1, -0.05) is 0 Å². The fraction of sp³-hybridized carbons (Fsp3) is 0.467. The highest BCUT2D eigenvalue weighted by Crippen LogP contribution is 2.25. The zero-order valence-electron chi connectivity index (χ0n) is 12.5. The Bertz CT molecular complexity index is 601. The first-order chi connectivity index (χ1) is 10.2. The predicted molar refractivity (Wildman–Crippen MR) is 81.5 cm³/mol. The molecule has 0 bridgehead atoms. The topological polar surface area (TPSA) is 37.2 Å². The van der Waals surface area contributed by atoms with Gasteiger partial charge in [0, 0.05) is 32.9 Å². The quantitative estimate of drug-likeness (QED) is 0.870. The number of anilines is 3. The molecule has 0 spiro atoms. The molecule has 0 amide bonds. The Hall–Kier alpha value is -2.11. The second kappa shape index (κ2) is 5.71. The third-order valence-electron chi connectivity index (χ3n) is 3.98. The highest BCUT2D eigenvalue weighted by atomic mass is 19.1. The van der Waals surface area contributed by atoms with Crippen molar-refractivity contribution in [2.45, 2.75) is 19.3 Å². The smallest absolute Gasteiger partial charge is 0.232 e. The molecular formula is C15H20FN5. The van der Waals surface area contributed by atoms with E-state index in [9.17, 15) is 4.39 Å². The van der Waals surface area contributed by atoms with Gasteiger partial charge in [-0.05, 0) is 43.5 Å². The van der Waals surface area contributed by atoms with E-state index < -0.39 is 0 Å². The molecule has 1 aliphatic rings. The summed E-state index contributed by atoms with van der Waals surface area (Å²) in [6.45, 7) is 2.07. The fourth-order valence-corrected chi connectivity index (χ4v) is 2.75. The van der Waals surface area contributed by atoms with Gasteiger partial charge >= 0.3 is 0 Å². The molecule has 2 heterocycles. The lowest BCUT2D eigenvalue weighted by Crippen LogP contribution is -2.31. The molecule has 1 aliphatic heterocycles. The molecule has 1 aromatic carbocycles. The molecule has 5 nitrogen and oxygen atoms in total. The van der Waals surface area contributed by atoms with Crippen LogP contribution in [0.2, 0.25) is 0 Å². The van der Waals surface area contributed by atoms with Gasteiger partial charge in [0.1, 0.15) is 5.82 Å². The van der Waals surface area contributed by atoms with Crippen LogP contribution in [0.4, 0.5) is 22.0 Å². The van der Waals surface area contributed by atoms with Crippen LogP contribution in [0.3, 0.4) is 0 Å². The molecule has 1 aromatic heterocycles. The minimum Gasteiger partial charge on any atom is -0.341 e. The molecule has 0 aliphatic carbocycles. The number of aromatic nitrogens is 3. The minimum atomic E-state index is -0.237. The van der Waals surface area contributed by atoms with E-state index in [0.717, 1.165) is 30.7 Å². The Kier molecular flexibility index (Phi) is 3.77. The van der Waals surface area contributed by atoms with Gasteiger partial charge in [0.2, 0.25) is 11.9 Å². The number of halogens is 1. The van der Waals surface area contributed by atoms with Crippen LogP contribution in [-0.2, 0) is 7.05 Å². The maximum atomic E-state index is 13.0. The lowest BCUT2D eigenvalue weighted by Gasteiger charge is -2.27. The molecule has 0 N–H and O–H groups in total. The molecule has 2 aromatic rings. The van der Waals surface area contributed by atoms with E-state index in [1.54, 1.807) is 12.1 Å². The first-order valence-corrected chi connectivity index (χ1v) is 7.30. The second-order valence-electron chi connectivity index (χ2n) is 5.44. The molecule has 0 atom stereocenters. The van der Waals surface area contributed by atoms with Crippen molar-refractivity contribution in [1.82, 2.24) is 14.8 Å². The van der Waals surface area contributed by atoms with Crippen LogP contribution in [0.5, 0.6) is 0 Å². The van der Waals surface area contributed by atoms with Crippen LogP contribution in [0.1, 0.15) is 19.3 Å². The van der Waals surface area contributed by atoms with Crippen molar-refractivity contribution in [3.63, 3.8) is 0 Å². The molecule has 0 radical (unpaired) electrons. The Morgan fingerprint density at radius 2 is 1.71 bits per heavy atom. The molecular weight excluding hydrogens is 269 g/mol. The van der Waals surface area contributed by atoms with E-state index in [-0.39, 0.29) is 5.82 Å². The average Bonchev–Trinajstić information content (AvgIpc) is 2.90. The van der Waals surface area contributed by atoms with Crippen molar-refractivity contribution in [1.29, 1.82) is 0 Å². The lowest BCUT2D eigenvalue weighted by molar-refractivity contribution is 0.562. The first-order valence-electron chi connectivity index (χ1n) is 7.30. The van der Waals surface area contributed by atoms with Gasteiger partial charge in [0.15, 0.2) is 0 Å². The van der Waals surface area contributed by atoms with Crippen molar-refractivity contribution < 1.29 is 4.39 Å². The van der Waals surface area contributed by atoms with Crippen molar-refractivity contribution >= 4 is 17.6 Å². The summed E-state index contributed by atoms with van der Waals surface area (Å²) in [5.41, 5.74) is 0.886. The van der Waals surface area contributed by atoms with Crippen molar-refractivity contribution in [3.05, 3.63) is 30.1 Å². The largest absolute Gasteiger partial charge is 0.341 e. The molecule has 1 saturated heterocycles. The molecule has 0 saturated carbocycles. The van der Waals surface area contributed by atoms with E-state index in [2.05, 4.69) is 15.1 Å². The predicted octanol–water partition coefficient (Wildman–Crippen LogP) is 2.71. The maximum absolute atomic E-state index is 13.0. The van der Waals surface area contributed by atoms with E-state index in [0.29, 0.717) is 0 Å². The first kappa shape index (κ1) is 13.9. The van der Waals surface area contributed by atoms with Gasteiger partial charge in [-0.2, -0.15) is 0 Å². The number of rotatable bonds is 3. The Balaban J connectivity index is 1.85. The minimum absolute atomic E-state index is 0.237. The average molecular weight is 289 g/mol. The highest BCUT2D eigenvalue weighted by molar-refractivity contribution is 5.57. The highest BCUT2D eigenvalue weighted by Gasteiger charge is 2.20. The summed E-state index contributed by atoms with van der Waals surface area (Å²) in [6, 6.07) is 6.39. The number of nitrogens with zero attached hydrogens (tertiary/aromatic N) is 5. The molecule has 1 fully saturated rings. The molecule has 6 heteroatoms. The zero-order chi connectivity index (χ0) is 14.8. The Morgan fingerprint density at radius 3 is 2.38 bits per heavy atom. The molecule has 0 unspecified atom stereocenters. The van der Waals surface area contributed by atoms with Gasteiger partial charge in [0.25, 0.3) is 0 Å². The molecule has 112 valence electrons. The summed E-state index contributed by atoms with van der Waals surface area (Å²) in [5, 5.41) is 8.62. The number of hydrogen-bond acceptors (Lipinski definition) is 4. The summed E-state index contributed by atoms with van der Waals surface area (Å²) in [5.74, 6) is 1.42. The zero-order valence-corrected chi connectivity index (χ0v) is 12.5. The third kappa shape index (κ3) is 2.70. The summed E-state index contributed by atoms with van der Waals surface area (Å²) < 4.78 is 15.0. The Labute approximate surface area is 124 Å². The normalized spacial score (nSPS) is 15.3. The lowest BCUT2D eigenvalue weighted by atomic mass is 10.1. The van der Waals surface area contributed by atoms with Crippen LogP contribution < -0.4 is 9.80 Å². The van der Waals surface area contributed by atoms with E-state index in [1.165, 1.54) is 31.4 Å². The van der Waals surface area contributed by atoms with E-state index in [4.69, 9.17) is 0 Å². The Morgan fingerprint density at radius 1 is 1.05 bits per heavy atom. The van der Waals surface area contributed by atoms with Gasteiger partial charge in [-0.3, -0.25) is 4.57 Å². The second-order valence-corrected chi connectivity index (χ2v) is 5.44. The van der Waals surface area contributed by atoms with Gasteiger partial charge in [0.05, 0.1) is 0 Å². The van der Waals surface area contributed by atoms with Crippen LogP contribution in [0.15, 0.2) is 24.3 Å². The van der Waals surface area contributed by atoms with Crippen LogP contribution in [0, 0.1) is 5.82 Å². The number of piperidine rings is 1. The molecule has 21 heavy (non-hydrogen) atoms. The fourth-order valence-electron chi connectivity index (χ4n) is 2.75. The monoisotopic (exact) mass is 289 g/mol. The molecule has 3 rings (SSSR count). The SMILES string of the molecule is CN(c1ccc(F)cc1)c1nnc(N2CCCCC2)n1C. The number of hydrogen-bond donors (Lipinski definition) is 0. The van der Waals surface area contributed by atoms with Gasteiger partial charge < -0.3 is 9.80 Å². The summed E-state index contributed by atoms with van der Waals surface area (Å²) in [7, 11) is 3.89. The summed E-state index contributed by atoms with van der Waals surface area (Å²) in [4.78, 5) is 4.19. The van der Waals surface area contributed by atoms with Crippen molar-refractivity contribution in [2.75, 3.05) is 29.9 Å². The van der Waals surface area contributed by atoms with E-state index in [1.807, 2.05) is 23.6 Å². The van der Waals surface area contributed by atoms with Gasteiger partial charge in [-0.15, -0.1) is 10.2 Å². The van der Waals surface area contributed by atoms with Crippen LogP contribution in [0.25, 0.3) is 0 Å². The van der Waals surface area contributed by atoms with Crippen molar-refractivity contribution in [3.8, 4) is 0 Å². The van der Waals surface area contributed by atoms with E-state index >= 15 is 0 Å². The summed E-state index contributed by atoms with van der Waals surface area (Å²) >= 11 is 0. The van der Waals surface area contributed by atoms with Crippen LogP contribution >= 0.6 is 0 Å². The van der Waals surface area contributed by atoms with Crippen molar-refractivity contribution in [2.24, 2.45) is 7.05 Å². The van der Waals surface area contributed by atoms with Gasteiger partial charge in [-0.25, -0.2) is 4.39 Å². The third-order valence-corrected chi connectivity index (χ3v) is 3.98. The number of benzene rings is 1. The van der Waals surface area contributed by atoms with Crippen LogP contribution in [-0.4, -0.2) is 34.9 Å². The summed E-state index contributed by atoms with van der Waals surface area (Å²) in [6.07, 6.45) is 3.70.